The first kappa shape index (κ1) is 39.6. The lowest BCUT2D eigenvalue weighted by atomic mass is 10.0. The summed E-state index contributed by atoms with van der Waals surface area (Å²) in [5.41, 5.74) is 15.9. The summed E-state index contributed by atoms with van der Waals surface area (Å²) in [6.07, 6.45) is 5.41. The minimum atomic E-state index is -0.718. The van der Waals surface area contributed by atoms with Gasteiger partial charge in [0.2, 0.25) is 24.1 Å². The van der Waals surface area contributed by atoms with E-state index in [1.165, 1.54) is 10.5 Å². The molecule has 49 heavy (non-hydrogen) atoms. The zero-order chi connectivity index (χ0) is 35.4. The molecule has 0 spiro atoms. The van der Waals surface area contributed by atoms with Crippen molar-refractivity contribution in [3.63, 3.8) is 0 Å². The summed E-state index contributed by atoms with van der Waals surface area (Å²) in [5.74, 6) is -1.12. The average Bonchev–Trinajstić information content (AvgIpc) is 3.08. The third-order valence-electron chi connectivity index (χ3n) is 8.10. The van der Waals surface area contributed by atoms with Gasteiger partial charge in [-0.3, -0.25) is 24.5 Å². The molecule has 0 bridgehead atoms. The number of aryl methyl sites for hydroxylation is 2. The smallest absolute Gasteiger partial charge is 0.249 e. The number of carbonyl (C=O) groups excluding carboxylic acids is 4. The van der Waals surface area contributed by atoms with Crippen molar-refractivity contribution in [3.8, 4) is 0 Å². The van der Waals surface area contributed by atoms with Crippen LogP contribution in [-0.2, 0) is 57.6 Å². The summed E-state index contributed by atoms with van der Waals surface area (Å²) in [6, 6.07) is 13.2. The molecule has 0 aliphatic carbocycles. The predicted octanol–water partition coefficient (Wildman–Crippen LogP) is 2.25. The molecule has 13 heteroatoms. The quantitative estimate of drug-likeness (QED) is 0.0800. The molecule has 5 N–H and O–H groups in total. The fourth-order valence-corrected chi connectivity index (χ4v) is 5.39. The molecule has 4 amide bonds. The van der Waals surface area contributed by atoms with Crippen molar-refractivity contribution in [2.24, 2.45) is 11.5 Å². The zero-order valence-corrected chi connectivity index (χ0v) is 28.9. The molecule has 1 unspecified atom stereocenters. The third-order valence-corrected chi connectivity index (χ3v) is 8.10. The number of piperidine rings is 1. The first-order valence-corrected chi connectivity index (χ1v) is 17.0. The molecule has 0 saturated carbocycles. The van der Waals surface area contributed by atoms with E-state index < -0.39 is 11.9 Å². The lowest BCUT2D eigenvalue weighted by Gasteiger charge is -2.32. The molecule has 0 radical (unpaired) electrons. The van der Waals surface area contributed by atoms with Crippen LogP contribution in [0.4, 0.5) is 11.4 Å². The van der Waals surface area contributed by atoms with Crippen LogP contribution in [0.3, 0.4) is 0 Å². The van der Waals surface area contributed by atoms with Gasteiger partial charge in [0, 0.05) is 46.2 Å². The van der Waals surface area contributed by atoms with Crippen molar-refractivity contribution in [1.82, 2.24) is 5.32 Å². The number of hydrogen-bond acceptors (Lipinski definition) is 10. The third kappa shape index (κ3) is 14.6. The van der Waals surface area contributed by atoms with Crippen molar-refractivity contribution >= 4 is 35.5 Å². The number of carbonyl (C=O) groups is 4. The van der Waals surface area contributed by atoms with Gasteiger partial charge in [0.1, 0.15) is 6.04 Å². The second-order valence-electron chi connectivity index (χ2n) is 12.3. The van der Waals surface area contributed by atoms with Gasteiger partial charge in [0.25, 0.3) is 0 Å². The molecule has 1 fully saturated rings. The van der Waals surface area contributed by atoms with E-state index in [0.717, 1.165) is 42.5 Å². The average molecular weight is 684 g/mol. The van der Waals surface area contributed by atoms with Gasteiger partial charge in [-0.05, 0) is 67.3 Å². The molecule has 2 atom stereocenters. The monoisotopic (exact) mass is 683 g/mol. The molecular weight excluding hydrogens is 630 g/mol. The van der Waals surface area contributed by atoms with Gasteiger partial charge < -0.3 is 40.2 Å². The van der Waals surface area contributed by atoms with Crippen LogP contribution in [0.25, 0.3) is 0 Å². The van der Waals surface area contributed by atoms with Crippen LogP contribution in [0.1, 0.15) is 55.2 Å². The molecule has 270 valence electrons. The van der Waals surface area contributed by atoms with E-state index in [2.05, 4.69) is 29.6 Å². The van der Waals surface area contributed by atoms with E-state index in [4.69, 9.17) is 30.4 Å². The van der Waals surface area contributed by atoms with Crippen molar-refractivity contribution in [2.75, 3.05) is 70.1 Å². The number of benzene rings is 2. The van der Waals surface area contributed by atoms with Crippen LogP contribution in [0.5, 0.6) is 0 Å². The normalized spacial score (nSPS) is 15.1. The number of nitrogens with zero attached hydrogens (tertiary/aromatic N) is 2. The number of anilines is 2. The molecule has 2 aromatic carbocycles. The molecule has 0 aromatic heterocycles. The Hall–Kier alpha value is -3.88. The number of hydrogen-bond donors (Lipinski definition) is 3. The number of imide groups is 1. The molecule has 3 rings (SSSR count). The summed E-state index contributed by atoms with van der Waals surface area (Å²) in [6.45, 7) is 4.18. The topological polar surface area (TPSA) is 176 Å². The summed E-state index contributed by atoms with van der Waals surface area (Å²) in [7, 11) is 3.78. The first-order valence-electron chi connectivity index (χ1n) is 17.0. The molecule has 1 saturated heterocycles. The van der Waals surface area contributed by atoms with Crippen LogP contribution in [0.15, 0.2) is 42.5 Å². The Labute approximate surface area is 289 Å². The van der Waals surface area contributed by atoms with Crippen LogP contribution >= 0.6 is 0 Å². The number of primary amides is 1. The van der Waals surface area contributed by atoms with Crippen LogP contribution in [0.2, 0.25) is 0 Å². The molecule has 13 nitrogen and oxygen atoms in total. The standard InChI is InChI=1S/C36H53N5O8/c1-40(2)33-23-28(11-13-31(33)41(26-42)32-14-16-35(44)39-36(32)45)6-4-18-47-20-22-48-21-19-46-17-3-5-27-7-9-29(10-8-27)24-49-25-30(37)12-15-34(38)43/h7-11,13,23,26,30,32H,3-6,12,14-22,24-25,37H2,1-2H3,(H2,38,43)(H,39,44,45)/t30-,32?/m0/s1. The van der Waals surface area contributed by atoms with Crippen molar-refractivity contribution in [1.29, 1.82) is 0 Å². The van der Waals surface area contributed by atoms with Crippen molar-refractivity contribution < 1.29 is 38.1 Å². The highest BCUT2D eigenvalue weighted by Crippen LogP contribution is 2.32. The first-order chi connectivity index (χ1) is 23.7. The maximum atomic E-state index is 12.4. The maximum Gasteiger partial charge on any atom is 0.249 e. The van der Waals surface area contributed by atoms with E-state index in [0.29, 0.717) is 77.8 Å². The number of rotatable bonds is 25. The van der Waals surface area contributed by atoms with Gasteiger partial charge in [0.05, 0.1) is 51.0 Å². The Morgan fingerprint density at radius 2 is 1.47 bits per heavy atom. The summed E-state index contributed by atoms with van der Waals surface area (Å²) >= 11 is 0. The van der Waals surface area contributed by atoms with E-state index >= 15 is 0 Å². The van der Waals surface area contributed by atoms with Gasteiger partial charge in [-0.25, -0.2) is 0 Å². The number of nitrogens with one attached hydrogen (secondary N) is 1. The molecular formula is C36H53N5O8. The lowest BCUT2D eigenvalue weighted by molar-refractivity contribution is -0.135. The minimum Gasteiger partial charge on any atom is -0.379 e. The van der Waals surface area contributed by atoms with Crippen LogP contribution in [0, 0.1) is 0 Å². The predicted molar refractivity (Wildman–Crippen MR) is 187 cm³/mol. The summed E-state index contributed by atoms with van der Waals surface area (Å²) in [4.78, 5) is 50.1. The largest absolute Gasteiger partial charge is 0.379 e. The second-order valence-corrected chi connectivity index (χ2v) is 12.3. The number of nitrogens with two attached hydrogens (primary N) is 2. The molecule has 1 aliphatic rings. The Morgan fingerprint density at radius 1 is 0.878 bits per heavy atom. The van der Waals surface area contributed by atoms with E-state index in [1.807, 2.05) is 37.2 Å². The Kier molecular flexibility index (Phi) is 17.7. The second kappa shape index (κ2) is 22.0. The van der Waals surface area contributed by atoms with Crippen LogP contribution < -0.4 is 26.6 Å². The lowest BCUT2D eigenvalue weighted by Crippen LogP contribution is -2.52. The van der Waals surface area contributed by atoms with Crippen molar-refractivity contribution in [2.45, 2.75) is 70.1 Å². The van der Waals surface area contributed by atoms with Gasteiger partial charge in [-0.15, -0.1) is 0 Å². The van der Waals surface area contributed by atoms with Gasteiger partial charge in [-0.1, -0.05) is 30.3 Å². The van der Waals surface area contributed by atoms with Gasteiger partial charge in [0.15, 0.2) is 0 Å². The SMILES string of the molecule is CN(C)c1cc(CCCOCCOCCOCCCc2ccc(COC[C@@H](N)CCC(N)=O)cc2)ccc1N(C=O)C1CCC(=O)NC1=O. The van der Waals surface area contributed by atoms with E-state index in [-0.39, 0.29) is 30.7 Å². The summed E-state index contributed by atoms with van der Waals surface area (Å²) in [5, 5.41) is 2.32. The highest BCUT2D eigenvalue weighted by molar-refractivity contribution is 6.04. The number of ether oxygens (including phenoxy) is 4. The zero-order valence-electron chi connectivity index (χ0n) is 28.9. The maximum absolute atomic E-state index is 12.4. The van der Waals surface area contributed by atoms with E-state index in [9.17, 15) is 19.2 Å². The fraction of sp³-hybridized carbons (Fsp3) is 0.556. The van der Waals surface area contributed by atoms with Gasteiger partial charge in [-0.2, -0.15) is 0 Å². The highest BCUT2D eigenvalue weighted by atomic mass is 16.5. The van der Waals surface area contributed by atoms with Crippen molar-refractivity contribution in [3.05, 3.63) is 59.2 Å². The molecule has 1 heterocycles. The Balaban J connectivity index is 1.20. The van der Waals surface area contributed by atoms with E-state index in [1.54, 1.807) is 0 Å². The van der Waals surface area contributed by atoms with Crippen LogP contribution in [-0.4, -0.2) is 96.6 Å². The fourth-order valence-electron chi connectivity index (χ4n) is 5.39. The minimum absolute atomic E-state index is 0.197. The Morgan fingerprint density at radius 3 is 2.06 bits per heavy atom. The summed E-state index contributed by atoms with van der Waals surface area (Å²) < 4.78 is 22.7. The number of amides is 4. The molecule has 1 aliphatic heterocycles. The highest BCUT2D eigenvalue weighted by Gasteiger charge is 2.33. The van der Waals surface area contributed by atoms with Gasteiger partial charge >= 0.3 is 0 Å². The molecule has 2 aromatic rings. The Bertz CT molecular complexity index is 1320.